The van der Waals surface area contributed by atoms with Crippen molar-refractivity contribution in [3.8, 4) is 11.5 Å². The largest absolute Gasteiger partial charge is 0.497 e. The van der Waals surface area contributed by atoms with Gasteiger partial charge in [-0.15, -0.1) is 10.2 Å². The Labute approximate surface area is 161 Å². The highest BCUT2D eigenvalue weighted by Gasteiger charge is 2.10. The first-order valence-electron chi connectivity index (χ1n) is 8.45. The summed E-state index contributed by atoms with van der Waals surface area (Å²) >= 11 is 0. The van der Waals surface area contributed by atoms with E-state index in [0.29, 0.717) is 28.6 Å². The molecule has 28 heavy (non-hydrogen) atoms. The molecule has 0 radical (unpaired) electrons. The predicted molar refractivity (Wildman–Crippen MR) is 104 cm³/mol. The molecule has 144 valence electrons. The van der Waals surface area contributed by atoms with Crippen LogP contribution in [-0.4, -0.2) is 30.3 Å². The van der Waals surface area contributed by atoms with E-state index < -0.39 is 5.82 Å². The van der Waals surface area contributed by atoms with Crippen LogP contribution in [0, 0.1) is 5.82 Å². The minimum atomic E-state index is -0.420. The Morgan fingerprint density at radius 3 is 2.43 bits per heavy atom. The second-order valence-corrected chi connectivity index (χ2v) is 5.81. The van der Waals surface area contributed by atoms with Crippen molar-refractivity contribution in [1.82, 2.24) is 10.2 Å². The number of nitrogens with one attached hydrogen (secondary N) is 2. The van der Waals surface area contributed by atoms with Gasteiger partial charge in [0.2, 0.25) is 5.91 Å². The molecule has 2 aromatic carbocycles. The molecule has 0 saturated carbocycles. The predicted octanol–water partition coefficient (Wildman–Crippen LogP) is 3.56. The van der Waals surface area contributed by atoms with E-state index in [9.17, 15) is 9.18 Å². The van der Waals surface area contributed by atoms with E-state index >= 15 is 0 Å². The second-order valence-electron chi connectivity index (χ2n) is 5.81. The zero-order chi connectivity index (χ0) is 19.9. The third kappa shape index (κ3) is 4.73. The fraction of sp³-hybridized carbons (Fsp3) is 0.150. The lowest BCUT2D eigenvalue weighted by Crippen LogP contribution is -2.16. The van der Waals surface area contributed by atoms with Crippen LogP contribution in [0.3, 0.4) is 0 Å². The van der Waals surface area contributed by atoms with Crippen LogP contribution in [0.25, 0.3) is 0 Å². The SMILES string of the molecule is COc1ccc(Nc2ccc(NC(=O)Cc3ccccc3F)nn2)c(OC)c1. The van der Waals surface area contributed by atoms with E-state index in [1.807, 2.05) is 0 Å². The van der Waals surface area contributed by atoms with Crippen LogP contribution in [0.4, 0.5) is 21.7 Å². The van der Waals surface area contributed by atoms with Gasteiger partial charge in [0, 0.05) is 6.07 Å². The van der Waals surface area contributed by atoms with Gasteiger partial charge in [0.05, 0.1) is 26.3 Å². The van der Waals surface area contributed by atoms with E-state index in [0.717, 1.165) is 0 Å². The topological polar surface area (TPSA) is 85.4 Å². The Kier molecular flexibility index (Phi) is 6.01. The Bertz CT molecular complexity index is 964. The highest BCUT2D eigenvalue weighted by atomic mass is 19.1. The molecule has 7 nitrogen and oxygen atoms in total. The molecule has 0 atom stereocenters. The standard InChI is InChI=1S/C20H19FN4O3/c1-27-14-7-8-16(17(12-14)28-2)22-18-9-10-19(25-24-18)23-20(26)11-13-5-3-4-6-15(13)21/h3-10,12H,11H2,1-2H3,(H,22,24)(H,23,25,26). The third-order valence-corrected chi connectivity index (χ3v) is 3.91. The number of benzene rings is 2. The number of aromatic nitrogens is 2. The summed E-state index contributed by atoms with van der Waals surface area (Å²) < 4.78 is 24.1. The number of nitrogens with zero attached hydrogens (tertiary/aromatic N) is 2. The smallest absolute Gasteiger partial charge is 0.230 e. The van der Waals surface area contributed by atoms with Gasteiger partial charge in [-0.25, -0.2) is 4.39 Å². The van der Waals surface area contributed by atoms with Crippen molar-refractivity contribution in [2.75, 3.05) is 24.9 Å². The summed E-state index contributed by atoms with van der Waals surface area (Å²) in [5.41, 5.74) is 1.01. The van der Waals surface area contributed by atoms with Gasteiger partial charge >= 0.3 is 0 Å². The Morgan fingerprint density at radius 2 is 1.75 bits per heavy atom. The maximum Gasteiger partial charge on any atom is 0.230 e. The Hall–Kier alpha value is -3.68. The molecule has 8 heteroatoms. The molecule has 0 aliphatic carbocycles. The molecular formula is C20H19FN4O3. The van der Waals surface area contributed by atoms with Gasteiger partial charge < -0.3 is 20.1 Å². The summed E-state index contributed by atoms with van der Waals surface area (Å²) in [6.45, 7) is 0. The molecule has 0 bridgehead atoms. The van der Waals surface area contributed by atoms with Crippen LogP contribution in [0.15, 0.2) is 54.6 Å². The van der Waals surface area contributed by atoms with E-state index in [4.69, 9.17) is 9.47 Å². The number of methoxy groups -OCH3 is 2. The van der Waals surface area contributed by atoms with Crippen molar-refractivity contribution in [1.29, 1.82) is 0 Å². The average molecular weight is 382 g/mol. The molecule has 0 saturated heterocycles. The Morgan fingerprint density at radius 1 is 1.00 bits per heavy atom. The van der Waals surface area contributed by atoms with Gasteiger partial charge in [0.15, 0.2) is 11.6 Å². The lowest BCUT2D eigenvalue weighted by molar-refractivity contribution is -0.115. The van der Waals surface area contributed by atoms with Crippen molar-refractivity contribution in [3.05, 3.63) is 66.0 Å². The number of carbonyl (C=O) groups is 1. The number of hydrogen-bond acceptors (Lipinski definition) is 6. The number of anilines is 3. The monoisotopic (exact) mass is 382 g/mol. The minimum absolute atomic E-state index is 0.0859. The summed E-state index contributed by atoms with van der Waals surface area (Å²) in [6, 6.07) is 14.7. The molecule has 3 rings (SSSR count). The van der Waals surface area contributed by atoms with E-state index in [-0.39, 0.29) is 18.1 Å². The quantitative estimate of drug-likeness (QED) is 0.650. The first-order valence-corrected chi connectivity index (χ1v) is 8.45. The molecule has 0 aliphatic heterocycles. The molecule has 1 amide bonds. The van der Waals surface area contributed by atoms with Gasteiger partial charge in [0.1, 0.15) is 17.3 Å². The van der Waals surface area contributed by atoms with Gasteiger partial charge in [-0.2, -0.15) is 0 Å². The van der Waals surface area contributed by atoms with Gasteiger partial charge in [-0.3, -0.25) is 4.79 Å². The summed E-state index contributed by atoms with van der Waals surface area (Å²) in [4.78, 5) is 12.1. The zero-order valence-electron chi connectivity index (χ0n) is 15.4. The van der Waals surface area contributed by atoms with E-state index in [1.165, 1.54) is 6.07 Å². The molecule has 0 fully saturated rings. The van der Waals surface area contributed by atoms with E-state index in [1.54, 1.807) is 62.8 Å². The molecule has 0 aliphatic rings. The first-order chi connectivity index (χ1) is 13.6. The molecule has 1 aromatic heterocycles. The van der Waals surface area contributed by atoms with E-state index in [2.05, 4.69) is 20.8 Å². The molecule has 1 heterocycles. The van der Waals surface area contributed by atoms with Crippen LogP contribution in [-0.2, 0) is 11.2 Å². The van der Waals surface area contributed by atoms with Gasteiger partial charge in [-0.05, 0) is 35.9 Å². The summed E-state index contributed by atoms with van der Waals surface area (Å²) in [7, 11) is 3.13. The number of amides is 1. The molecule has 3 aromatic rings. The zero-order valence-corrected chi connectivity index (χ0v) is 15.4. The van der Waals surface area contributed by atoms with Crippen molar-refractivity contribution >= 4 is 23.2 Å². The lowest BCUT2D eigenvalue weighted by atomic mass is 10.1. The Balaban J connectivity index is 1.64. The maximum absolute atomic E-state index is 13.6. The minimum Gasteiger partial charge on any atom is -0.497 e. The average Bonchev–Trinajstić information content (AvgIpc) is 2.71. The van der Waals surface area contributed by atoms with Crippen LogP contribution in [0.1, 0.15) is 5.56 Å². The number of carbonyl (C=O) groups excluding carboxylic acids is 1. The van der Waals surface area contributed by atoms with Crippen LogP contribution in [0.2, 0.25) is 0 Å². The van der Waals surface area contributed by atoms with Crippen LogP contribution in [0.5, 0.6) is 11.5 Å². The molecular weight excluding hydrogens is 363 g/mol. The lowest BCUT2D eigenvalue weighted by Gasteiger charge is -2.12. The number of halogens is 1. The second kappa shape index (κ2) is 8.81. The van der Waals surface area contributed by atoms with Crippen molar-refractivity contribution < 1.29 is 18.7 Å². The van der Waals surface area contributed by atoms with Crippen molar-refractivity contribution in [2.45, 2.75) is 6.42 Å². The third-order valence-electron chi connectivity index (χ3n) is 3.91. The van der Waals surface area contributed by atoms with Crippen LogP contribution < -0.4 is 20.1 Å². The summed E-state index contributed by atoms with van der Waals surface area (Å²) in [6.07, 6.45) is -0.0859. The highest BCUT2D eigenvalue weighted by molar-refractivity contribution is 5.91. The van der Waals surface area contributed by atoms with Crippen LogP contribution >= 0.6 is 0 Å². The van der Waals surface area contributed by atoms with Gasteiger partial charge in [-0.1, -0.05) is 18.2 Å². The molecule has 2 N–H and O–H groups in total. The fourth-order valence-corrected chi connectivity index (χ4v) is 2.51. The molecule has 0 spiro atoms. The number of hydrogen-bond donors (Lipinski definition) is 2. The maximum atomic E-state index is 13.6. The van der Waals surface area contributed by atoms with Crippen molar-refractivity contribution in [3.63, 3.8) is 0 Å². The fourth-order valence-electron chi connectivity index (χ4n) is 2.51. The summed E-state index contributed by atoms with van der Waals surface area (Å²) in [5, 5.41) is 13.7. The number of rotatable bonds is 7. The summed E-state index contributed by atoms with van der Waals surface area (Å²) in [5.74, 6) is 1.20. The van der Waals surface area contributed by atoms with Gasteiger partial charge in [0.25, 0.3) is 0 Å². The molecule has 0 unspecified atom stereocenters. The normalized spacial score (nSPS) is 10.2. The first kappa shape index (κ1) is 19.1. The van der Waals surface area contributed by atoms with Crippen molar-refractivity contribution in [2.24, 2.45) is 0 Å². The number of ether oxygens (including phenoxy) is 2. The highest BCUT2D eigenvalue weighted by Crippen LogP contribution is 2.30.